The van der Waals surface area contributed by atoms with E-state index in [1.807, 2.05) is 13.8 Å². The van der Waals surface area contributed by atoms with E-state index in [2.05, 4.69) is 136 Å². The van der Waals surface area contributed by atoms with Crippen molar-refractivity contribution in [2.24, 2.45) is 28.1 Å². The van der Waals surface area contributed by atoms with Gasteiger partial charge in [0.05, 0.1) is 5.41 Å². The predicted octanol–water partition coefficient (Wildman–Crippen LogP) is 12.5. The van der Waals surface area contributed by atoms with Crippen LogP contribution in [-0.4, -0.2) is 18.7 Å². The minimum absolute atomic E-state index is 0.0387. The summed E-state index contributed by atoms with van der Waals surface area (Å²) in [4.78, 5) is 12.6. The number of rotatable bonds is 10. The molecule has 3 heteroatoms. The highest BCUT2D eigenvalue weighted by Crippen LogP contribution is 2.44. The minimum atomic E-state index is -0.419. The van der Waals surface area contributed by atoms with Gasteiger partial charge in [-0.25, -0.2) is 0 Å². The largest absolute Gasteiger partial charge is 0.461 e. The Morgan fingerprint density at radius 3 is 1.40 bits per heavy atom. The first kappa shape index (κ1) is 41.1. The molecule has 0 aliphatic rings. The van der Waals surface area contributed by atoms with Gasteiger partial charge in [-0.2, -0.15) is 0 Å². The first-order chi connectivity index (χ1) is 18.7. The second-order valence-corrected chi connectivity index (χ2v) is 19.5. The molecule has 1 rings (SSSR count). The normalized spacial score (nSPS) is 16.5. The number of hydrogen-bond donors (Lipinski definition) is 0. The summed E-state index contributed by atoms with van der Waals surface area (Å²) in [6, 6.07) is 7.38. The summed E-state index contributed by atoms with van der Waals surface area (Å²) >= 11 is 0. The van der Waals surface area contributed by atoms with E-state index in [1.54, 1.807) is 5.56 Å². The molecule has 1 aromatic carbocycles. The molecule has 0 bridgehead atoms. The molecule has 0 heterocycles. The van der Waals surface area contributed by atoms with Gasteiger partial charge in [-0.3, -0.25) is 4.79 Å². The van der Waals surface area contributed by atoms with Crippen LogP contribution in [0.1, 0.15) is 173 Å². The topological polar surface area (TPSA) is 26.3 Å². The second kappa shape index (κ2) is 15.9. The number of benzene rings is 1. The van der Waals surface area contributed by atoms with Gasteiger partial charge in [0.25, 0.3) is 0 Å². The molecule has 0 aromatic heterocycles. The van der Waals surface area contributed by atoms with Crippen LogP contribution in [0.3, 0.4) is 0 Å². The molecule has 42 heavy (non-hydrogen) atoms. The summed E-state index contributed by atoms with van der Waals surface area (Å²) in [7, 11) is 0.959. The third-order valence-electron chi connectivity index (χ3n) is 8.43. The number of carbonyl (C=O) groups is 1. The smallest absolute Gasteiger partial charge is 0.311 e. The summed E-state index contributed by atoms with van der Waals surface area (Å²) in [6.45, 7) is 42.6. The van der Waals surface area contributed by atoms with Gasteiger partial charge < -0.3 is 4.74 Å². The van der Waals surface area contributed by atoms with Crippen LogP contribution in [-0.2, 0) is 20.4 Å². The molecule has 4 unspecified atom stereocenters. The maximum absolute atomic E-state index is 12.6. The molecule has 0 saturated heterocycles. The molecule has 0 aliphatic carbocycles. The highest BCUT2D eigenvalue weighted by Gasteiger charge is 2.37. The zero-order chi connectivity index (χ0) is 33.5. The quantitative estimate of drug-likeness (QED) is 0.196. The Bertz CT molecular complexity index is 904. The van der Waals surface area contributed by atoms with Crippen molar-refractivity contribution in [2.45, 2.75) is 173 Å². The molecule has 4 atom stereocenters. The summed E-state index contributed by atoms with van der Waals surface area (Å²) in [6.07, 6.45) is 4.23. The van der Waals surface area contributed by atoms with Crippen LogP contribution in [0.4, 0.5) is 0 Å². The van der Waals surface area contributed by atoms with Crippen LogP contribution < -0.4 is 0 Å². The Morgan fingerprint density at radius 2 is 1.12 bits per heavy atom. The van der Waals surface area contributed by atoms with Crippen molar-refractivity contribution < 1.29 is 9.53 Å². The van der Waals surface area contributed by atoms with Crippen molar-refractivity contribution in [3.05, 3.63) is 34.9 Å². The monoisotopic (exact) mass is 605 g/mol. The van der Waals surface area contributed by atoms with E-state index in [0.717, 1.165) is 27.8 Å². The van der Waals surface area contributed by atoms with Crippen LogP contribution in [0, 0.1) is 28.1 Å². The van der Waals surface area contributed by atoms with Gasteiger partial charge in [0.15, 0.2) is 0 Å². The fourth-order valence-electron chi connectivity index (χ4n) is 5.66. The Hall–Kier alpha value is -0.880. The lowest BCUT2D eigenvalue weighted by atomic mass is 9.76. The Kier molecular flexibility index (Phi) is 15.6. The fourth-order valence-corrected chi connectivity index (χ4v) is 6.97. The molecular weight excluding hydrogens is 531 g/mol. The zero-order valence-corrected chi connectivity index (χ0v) is 32.7. The second-order valence-electron chi connectivity index (χ2n) is 18.2. The van der Waals surface area contributed by atoms with Gasteiger partial charge in [0, 0.05) is 5.66 Å². The highest BCUT2D eigenvalue weighted by atomic mass is 31.1. The average Bonchev–Trinajstić information content (AvgIpc) is 2.81. The van der Waals surface area contributed by atoms with E-state index in [-0.39, 0.29) is 28.3 Å². The standard InChI is InChI=1S/C21H37P.C18H36O2/c1-19(2,3)14-18(22-10)15-11-16(20(4,5)6)13-17(12-15)21(7,8)9;1-10-13(3)15(14(4)11-2)20-16(19)18(8,9)12-17(5,6)7/h11-13,18,22H,14H2,1-10H3;13-15H,10-12H2,1-9H3. The van der Waals surface area contributed by atoms with Crippen molar-refractivity contribution >= 4 is 14.6 Å². The van der Waals surface area contributed by atoms with Gasteiger partial charge in [0.2, 0.25) is 0 Å². The third-order valence-corrected chi connectivity index (χ3v) is 9.67. The molecule has 0 radical (unpaired) electrons. The van der Waals surface area contributed by atoms with E-state index in [0.29, 0.717) is 22.9 Å². The van der Waals surface area contributed by atoms with E-state index >= 15 is 0 Å². The Labute approximate surface area is 266 Å². The van der Waals surface area contributed by atoms with Gasteiger partial charge in [-0.05, 0) is 83.5 Å². The van der Waals surface area contributed by atoms with Crippen molar-refractivity contribution in [3.63, 3.8) is 0 Å². The maximum atomic E-state index is 12.6. The van der Waals surface area contributed by atoms with E-state index in [9.17, 15) is 4.79 Å². The molecule has 1 aromatic rings. The molecule has 0 N–H and O–H groups in total. The third kappa shape index (κ3) is 14.7. The van der Waals surface area contributed by atoms with Crippen LogP contribution in [0.5, 0.6) is 0 Å². The van der Waals surface area contributed by atoms with Crippen molar-refractivity contribution in [1.29, 1.82) is 0 Å². The SMILES string of the molecule is CCC(C)C(OC(=O)C(C)(C)CC(C)(C)C)C(C)CC.CPC(CC(C)(C)C)c1cc(C(C)(C)C)cc(C(C)(C)C)c1. The number of carbonyl (C=O) groups excluding carboxylic acids is 1. The first-order valence-electron chi connectivity index (χ1n) is 16.7. The molecule has 2 nitrogen and oxygen atoms in total. The molecule has 246 valence electrons. The molecule has 0 fully saturated rings. The maximum Gasteiger partial charge on any atom is 0.311 e. The lowest BCUT2D eigenvalue weighted by Gasteiger charge is -2.35. The number of hydrogen-bond acceptors (Lipinski definition) is 2. The Morgan fingerprint density at radius 1 is 0.714 bits per heavy atom. The van der Waals surface area contributed by atoms with Crippen molar-refractivity contribution in [2.75, 3.05) is 6.66 Å². The molecular formula is C39H73O2P. The van der Waals surface area contributed by atoms with Gasteiger partial charge in [0.1, 0.15) is 6.10 Å². The zero-order valence-electron chi connectivity index (χ0n) is 31.7. The highest BCUT2D eigenvalue weighted by molar-refractivity contribution is 7.37. The lowest BCUT2D eigenvalue weighted by Crippen LogP contribution is -2.38. The van der Waals surface area contributed by atoms with Crippen LogP contribution in [0.15, 0.2) is 18.2 Å². The summed E-state index contributed by atoms with van der Waals surface area (Å²) in [5.41, 5.74) is 5.70. The van der Waals surface area contributed by atoms with Gasteiger partial charge >= 0.3 is 5.97 Å². The van der Waals surface area contributed by atoms with E-state index < -0.39 is 5.41 Å². The van der Waals surface area contributed by atoms with Crippen LogP contribution in [0.25, 0.3) is 0 Å². The molecule has 0 spiro atoms. The summed E-state index contributed by atoms with van der Waals surface area (Å²) < 4.78 is 5.93. The van der Waals surface area contributed by atoms with Gasteiger partial charge in [-0.1, -0.05) is 142 Å². The number of ether oxygens (including phenoxy) is 1. The lowest BCUT2D eigenvalue weighted by molar-refractivity contribution is -0.167. The van der Waals surface area contributed by atoms with Crippen molar-refractivity contribution in [1.82, 2.24) is 0 Å². The summed E-state index contributed by atoms with van der Waals surface area (Å²) in [5, 5.41) is 0. The predicted molar refractivity (Wildman–Crippen MR) is 192 cm³/mol. The van der Waals surface area contributed by atoms with Crippen molar-refractivity contribution in [3.8, 4) is 0 Å². The van der Waals surface area contributed by atoms with Crippen LogP contribution >= 0.6 is 8.58 Å². The molecule has 0 saturated carbocycles. The molecule has 0 amide bonds. The molecule has 0 aliphatic heterocycles. The minimum Gasteiger partial charge on any atom is -0.461 e. The number of esters is 1. The Balaban J connectivity index is 0.000000805. The van der Waals surface area contributed by atoms with E-state index in [1.165, 1.54) is 17.5 Å². The first-order valence-corrected chi connectivity index (χ1v) is 18.3. The average molecular weight is 605 g/mol. The summed E-state index contributed by atoms with van der Waals surface area (Å²) in [5.74, 6) is 0.789. The van der Waals surface area contributed by atoms with E-state index in [4.69, 9.17) is 4.74 Å². The fraction of sp³-hybridized carbons (Fsp3) is 0.821. The van der Waals surface area contributed by atoms with Gasteiger partial charge in [-0.15, -0.1) is 8.58 Å². The van der Waals surface area contributed by atoms with Crippen LogP contribution in [0.2, 0.25) is 0 Å².